The van der Waals surface area contributed by atoms with Crippen LogP contribution in [0.2, 0.25) is 0 Å². The molecule has 1 aliphatic carbocycles. The summed E-state index contributed by atoms with van der Waals surface area (Å²) in [6.07, 6.45) is 6.78. The minimum absolute atomic E-state index is 0. The Balaban J connectivity index is 0.00000417. The summed E-state index contributed by atoms with van der Waals surface area (Å²) in [7, 11) is 0. The molecule has 2 aliphatic rings. The SMILES string of the molecule is CCCCc1c(Cc2ccc(-c3ccccc3C3=NC(O)ON3)cc2)c(=O)n(C2CCC(OCC(C)(C)O)CC2)c2ncnn12.[K+]. The Hall–Kier alpha value is -2.26. The van der Waals surface area contributed by atoms with Gasteiger partial charge >= 0.3 is 51.4 Å². The van der Waals surface area contributed by atoms with E-state index in [1.165, 1.54) is 0 Å². The molecule has 6 rings (SSSR count). The number of ether oxygens (including phenoxy) is 1. The smallest absolute Gasteiger partial charge is 0.388 e. The van der Waals surface area contributed by atoms with Gasteiger partial charge in [-0.2, -0.15) is 10.1 Å². The van der Waals surface area contributed by atoms with Crippen LogP contribution in [0.5, 0.6) is 0 Å². The van der Waals surface area contributed by atoms with E-state index in [1.807, 2.05) is 45.5 Å². The molecule has 1 atom stereocenters. The molecule has 2 aromatic carbocycles. The van der Waals surface area contributed by atoms with Gasteiger partial charge < -0.3 is 14.9 Å². The summed E-state index contributed by atoms with van der Waals surface area (Å²) >= 11 is 0. The van der Waals surface area contributed by atoms with E-state index in [0.717, 1.165) is 78.5 Å². The van der Waals surface area contributed by atoms with Gasteiger partial charge in [0.05, 0.1) is 24.0 Å². The minimum atomic E-state index is -1.23. The van der Waals surface area contributed by atoms with Crippen LogP contribution < -0.4 is 62.4 Å². The van der Waals surface area contributed by atoms with Crippen molar-refractivity contribution in [1.29, 1.82) is 0 Å². The Labute approximate surface area is 311 Å². The molecule has 1 unspecified atom stereocenters. The van der Waals surface area contributed by atoms with E-state index in [9.17, 15) is 15.0 Å². The van der Waals surface area contributed by atoms with Crippen LogP contribution in [0.3, 0.4) is 0 Å². The van der Waals surface area contributed by atoms with Crippen LogP contribution in [-0.2, 0) is 22.4 Å². The summed E-state index contributed by atoms with van der Waals surface area (Å²) < 4.78 is 9.72. The number of aryl methyl sites for hydroxylation is 1. The van der Waals surface area contributed by atoms with Crippen LogP contribution in [0.4, 0.5) is 0 Å². The van der Waals surface area contributed by atoms with E-state index in [2.05, 4.69) is 39.6 Å². The van der Waals surface area contributed by atoms with Gasteiger partial charge in [0.25, 0.3) is 12.0 Å². The monoisotopic (exact) mass is 653 g/mol. The van der Waals surface area contributed by atoms with Gasteiger partial charge in [-0.05, 0) is 69.1 Å². The zero-order valence-corrected chi connectivity index (χ0v) is 30.3. The number of benzene rings is 2. The molecule has 2 aromatic heterocycles. The summed E-state index contributed by atoms with van der Waals surface area (Å²) in [4.78, 5) is 28.1. The second-order valence-corrected chi connectivity index (χ2v) is 12.7. The number of fused-ring (bicyclic) bond motifs is 1. The number of amidine groups is 1. The van der Waals surface area contributed by atoms with Crippen molar-refractivity contribution in [2.45, 2.75) is 96.3 Å². The quantitative estimate of drug-likeness (QED) is 0.207. The predicted octanol–water partition coefficient (Wildman–Crippen LogP) is 1.32. The molecule has 0 radical (unpaired) electrons. The predicted molar refractivity (Wildman–Crippen MR) is 171 cm³/mol. The summed E-state index contributed by atoms with van der Waals surface area (Å²) in [6, 6.07) is 16.0. The van der Waals surface area contributed by atoms with Crippen LogP contribution >= 0.6 is 0 Å². The van der Waals surface area contributed by atoms with Gasteiger partial charge in [0.1, 0.15) is 6.33 Å². The largest absolute Gasteiger partial charge is 1.00 e. The maximum Gasteiger partial charge on any atom is 1.00 e. The number of aromatic nitrogens is 4. The molecule has 1 saturated carbocycles. The van der Waals surface area contributed by atoms with E-state index in [0.29, 0.717) is 24.6 Å². The number of hydrogen-bond donors (Lipinski definition) is 3. The molecule has 3 heterocycles. The molecule has 0 amide bonds. The van der Waals surface area contributed by atoms with Gasteiger partial charge in [-0.25, -0.2) is 19.8 Å². The Morgan fingerprint density at radius 3 is 2.43 bits per heavy atom. The molecule has 0 bridgehead atoms. The van der Waals surface area contributed by atoms with Gasteiger partial charge in [0.15, 0.2) is 5.84 Å². The van der Waals surface area contributed by atoms with E-state index in [-0.39, 0.29) is 69.1 Å². The fourth-order valence-corrected chi connectivity index (χ4v) is 6.32. The number of aliphatic imine (C=N–C) groups is 1. The van der Waals surface area contributed by atoms with Crippen molar-refractivity contribution in [2.24, 2.45) is 4.99 Å². The van der Waals surface area contributed by atoms with E-state index >= 15 is 0 Å². The summed E-state index contributed by atoms with van der Waals surface area (Å²) in [5.41, 5.74) is 7.29. The summed E-state index contributed by atoms with van der Waals surface area (Å²) in [5, 5.41) is 24.4. The molecule has 4 aromatic rings. The van der Waals surface area contributed by atoms with Gasteiger partial charge in [0, 0.05) is 23.6 Å². The molecule has 12 heteroatoms. The number of hydroxylamine groups is 1. The van der Waals surface area contributed by atoms with E-state index in [4.69, 9.17) is 9.57 Å². The van der Waals surface area contributed by atoms with Crippen molar-refractivity contribution < 1.29 is 71.2 Å². The van der Waals surface area contributed by atoms with Crippen LogP contribution in [-0.4, -0.2) is 59.9 Å². The molecule has 1 aliphatic heterocycles. The Morgan fingerprint density at radius 2 is 1.78 bits per heavy atom. The first-order valence-corrected chi connectivity index (χ1v) is 15.9. The standard InChI is InChI=1S/C34H42N6O5.K/c1-4-5-10-29-28(19-22-11-13-23(14-12-22)26-8-6-7-9-27(26)30-37-33(42)45-38-30)31(41)39(32-35-21-36-40(29)32)24-15-17-25(18-16-24)44-20-34(2,3)43;/h6-9,11-14,21,24-25,33,42-43H,4-5,10,15-20H2,1-3H3,(H,37,38);/q;+1. The third-order valence-electron chi connectivity index (χ3n) is 8.60. The molecule has 3 N–H and O–H groups in total. The first-order chi connectivity index (χ1) is 21.7. The van der Waals surface area contributed by atoms with Crippen LogP contribution in [0.25, 0.3) is 16.9 Å². The first kappa shape index (κ1) is 35.1. The van der Waals surface area contributed by atoms with Crippen LogP contribution in [0.15, 0.2) is 64.6 Å². The maximum atomic E-state index is 14.4. The van der Waals surface area contributed by atoms with Gasteiger partial charge in [-0.15, -0.1) is 0 Å². The van der Waals surface area contributed by atoms with Gasteiger partial charge in [-0.3, -0.25) is 9.36 Å². The Bertz CT molecular complexity index is 1720. The van der Waals surface area contributed by atoms with Crippen LogP contribution in [0, 0.1) is 0 Å². The van der Waals surface area contributed by atoms with Crippen molar-refractivity contribution in [1.82, 2.24) is 24.6 Å². The number of aliphatic hydroxyl groups is 2. The van der Waals surface area contributed by atoms with Crippen molar-refractivity contribution in [3.63, 3.8) is 0 Å². The number of hydrogen-bond acceptors (Lipinski definition) is 9. The number of aliphatic hydroxyl groups excluding tert-OH is 1. The van der Waals surface area contributed by atoms with Gasteiger partial charge in [0.2, 0.25) is 5.78 Å². The van der Waals surface area contributed by atoms with Crippen molar-refractivity contribution in [3.8, 4) is 11.1 Å². The maximum absolute atomic E-state index is 14.4. The molecule has 1 fully saturated rings. The van der Waals surface area contributed by atoms with Crippen molar-refractivity contribution in [3.05, 3.63) is 87.6 Å². The fraction of sp³-hybridized carbons (Fsp3) is 0.471. The van der Waals surface area contributed by atoms with Crippen LogP contribution in [0.1, 0.15) is 87.7 Å². The number of nitrogens with one attached hydrogen (secondary N) is 1. The normalized spacial score (nSPS) is 19.9. The van der Waals surface area contributed by atoms with E-state index in [1.54, 1.807) is 20.2 Å². The fourth-order valence-electron chi connectivity index (χ4n) is 6.32. The Kier molecular flexibility index (Phi) is 11.7. The number of nitrogens with zero attached hydrogens (tertiary/aromatic N) is 5. The molecule has 11 nitrogen and oxygen atoms in total. The average molecular weight is 654 g/mol. The second-order valence-electron chi connectivity index (χ2n) is 12.7. The van der Waals surface area contributed by atoms with Gasteiger partial charge in [-0.1, -0.05) is 61.9 Å². The summed E-state index contributed by atoms with van der Waals surface area (Å²) in [6.45, 7) is 5.94. The summed E-state index contributed by atoms with van der Waals surface area (Å²) in [5.74, 6) is 1.07. The average Bonchev–Trinajstić information content (AvgIpc) is 3.70. The minimum Gasteiger partial charge on any atom is -0.388 e. The van der Waals surface area contributed by atoms with Crippen molar-refractivity contribution >= 4 is 11.6 Å². The zero-order valence-electron chi connectivity index (χ0n) is 27.1. The molecule has 46 heavy (non-hydrogen) atoms. The second kappa shape index (κ2) is 15.3. The number of unbranched alkanes of at least 4 members (excludes halogenated alkanes) is 1. The molecular formula is C34H42KN6O5+. The van der Waals surface area contributed by atoms with Crippen molar-refractivity contribution in [2.75, 3.05) is 6.61 Å². The molecule has 0 spiro atoms. The Morgan fingerprint density at radius 1 is 1.07 bits per heavy atom. The first-order valence-electron chi connectivity index (χ1n) is 15.9. The zero-order chi connectivity index (χ0) is 31.6. The molecule has 238 valence electrons. The molecule has 0 saturated heterocycles. The molecular weight excluding hydrogens is 612 g/mol. The van der Waals surface area contributed by atoms with E-state index < -0.39 is 12.0 Å². The third kappa shape index (κ3) is 7.88. The third-order valence-corrected chi connectivity index (χ3v) is 8.60. The number of rotatable bonds is 11. The topological polar surface area (TPSA) is 136 Å².